The third-order valence-corrected chi connectivity index (χ3v) is 4.47. The van der Waals surface area contributed by atoms with E-state index >= 15 is 0 Å². The molecule has 4 nitrogen and oxygen atoms in total. The van der Waals surface area contributed by atoms with Crippen LogP contribution in [0.1, 0.15) is 17.1 Å². The lowest BCUT2D eigenvalue weighted by atomic mass is 10.1. The van der Waals surface area contributed by atoms with Crippen LogP contribution < -0.4 is 4.74 Å². The van der Waals surface area contributed by atoms with Gasteiger partial charge in [-0.3, -0.25) is 0 Å². The van der Waals surface area contributed by atoms with Crippen molar-refractivity contribution in [3.05, 3.63) is 50.1 Å². The Hall–Kier alpha value is -0.920. The van der Waals surface area contributed by atoms with Crippen LogP contribution in [-0.4, -0.2) is 24.2 Å². The van der Waals surface area contributed by atoms with Crippen molar-refractivity contribution in [2.75, 3.05) is 14.2 Å². The van der Waals surface area contributed by atoms with Crippen LogP contribution in [0.15, 0.2) is 24.3 Å². The molecule has 2 rings (SSSR count). The van der Waals surface area contributed by atoms with Gasteiger partial charge in [-0.1, -0.05) is 29.8 Å². The molecule has 0 N–H and O–H groups in total. The first kappa shape index (κ1) is 15.5. The van der Waals surface area contributed by atoms with Gasteiger partial charge in [0.15, 0.2) is 0 Å². The number of aromatic nitrogens is 2. The van der Waals surface area contributed by atoms with Crippen molar-refractivity contribution in [2.45, 2.75) is 13.0 Å². The van der Waals surface area contributed by atoms with Crippen LogP contribution in [0.3, 0.4) is 0 Å². The fraction of sp³-hybridized carbons (Fsp3) is 0.286. The van der Waals surface area contributed by atoms with Gasteiger partial charge in [0.1, 0.15) is 16.7 Å². The minimum atomic E-state index is 0.416. The van der Waals surface area contributed by atoms with Crippen molar-refractivity contribution >= 4 is 34.2 Å². The molecule has 20 heavy (non-hydrogen) atoms. The van der Waals surface area contributed by atoms with Crippen molar-refractivity contribution in [3.63, 3.8) is 0 Å². The number of hydrogen-bond donors (Lipinski definition) is 0. The first-order chi connectivity index (χ1) is 9.65. The number of halogens is 2. The topological polar surface area (TPSA) is 44.2 Å². The molecule has 0 amide bonds. The second-order valence-corrected chi connectivity index (χ2v) is 5.55. The molecule has 0 aliphatic carbocycles. The van der Waals surface area contributed by atoms with E-state index in [2.05, 4.69) is 32.6 Å². The number of methoxy groups -OCH3 is 2. The number of rotatable bonds is 5. The molecule has 6 heteroatoms. The van der Waals surface area contributed by atoms with E-state index in [1.165, 1.54) is 0 Å². The molecule has 1 aromatic carbocycles. The second-order valence-electron chi connectivity index (χ2n) is 4.11. The molecular formula is C14H14ClIN2O2. The third kappa shape index (κ3) is 3.59. The van der Waals surface area contributed by atoms with Crippen molar-refractivity contribution < 1.29 is 9.47 Å². The molecule has 2 aromatic rings. The van der Waals surface area contributed by atoms with Crippen LogP contribution in [-0.2, 0) is 17.8 Å². The lowest BCUT2D eigenvalue weighted by Crippen LogP contribution is -2.06. The SMILES string of the molecule is COCc1nc(Cc2ccccc2OC)nc(Cl)c1I. The van der Waals surface area contributed by atoms with E-state index in [1.807, 2.05) is 24.3 Å². The van der Waals surface area contributed by atoms with Gasteiger partial charge in [0.2, 0.25) is 0 Å². The summed E-state index contributed by atoms with van der Waals surface area (Å²) in [7, 11) is 3.28. The molecule has 0 fully saturated rings. The van der Waals surface area contributed by atoms with Crippen molar-refractivity contribution in [2.24, 2.45) is 0 Å². The predicted octanol–water partition coefficient (Wildman–Crippen LogP) is 3.48. The number of para-hydroxylation sites is 1. The van der Waals surface area contributed by atoms with Gasteiger partial charge in [0.25, 0.3) is 0 Å². The molecule has 1 heterocycles. The highest BCUT2D eigenvalue weighted by atomic mass is 127. The van der Waals surface area contributed by atoms with Crippen molar-refractivity contribution in [3.8, 4) is 5.75 Å². The Morgan fingerprint density at radius 3 is 2.65 bits per heavy atom. The Morgan fingerprint density at radius 1 is 1.20 bits per heavy atom. The minimum absolute atomic E-state index is 0.416. The molecule has 0 bridgehead atoms. The molecule has 0 atom stereocenters. The first-order valence-electron chi connectivity index (χ1n) is 5.97. The molecule has 0 aliphatic rings. The highest BCUT2D eigenvalue weighted by Gasteiger charge is 2.12. The summed E-state index contributed by atoms with van der Waals surface area (Å²) in [4.78, 5) is 8.83. The minimum Gasteiger partial charge on any atom is -0.496 e. The average molecular weight is 405 g/mol. The number of hydrogen-bond acceptors (Lipinski definition) is 4. The van der Waals surface area contributed by atoms with Gasteiger partial charge in [-0.05, 0) is 28.7 Å². The second kappa shape index (κ2) is 7.19. The summed E-state index contributed by atoms with van der Waals surface area (Å²) in [6, 6.07) is 7.80. The zero-order valence-electron chi connectivity index (χ0n) is 11.2. The molecule has 0 spiro atoms. The van der Waals surface area contributed by atoms with Crippen LogP contribution >= 0.6 is 34.2 Å². The molecule has 0 unspecified atom stereocenters. The smallest absolute Gasteiger partial charge is 0.146 e. The van der Waals surface area contributed by atoms with Crippen LogP contribution in [0.2, 0.25) is 5.15 Å². The zero-order chi connectivity index (χ0) is 14.5. The fourth-order valence-electron chi connectivity index (χ4n) is 1.84. The molecule has 0 saturated heterocycles. The van der Waals surface area contributed by atoms with Gasteiger partial charge < -0.3 is 9.47 Å². The van der Waals surface area contributed by atoms with E-state index in [4.69, 9.17) is 21.1 Å². The summed E-state index contributed by atoms with van der Waals surface area (Å²) in [5, 5.41) is 0.456. The Kier molecular flexibility index (Phi) is 5.56. The lowest BCUT2D eigenvalue weighted by Gasteiger charge is -2.10. The van der Waals surface area contributed by atoms with Crippen LogP contribution in [0.4, 0.5) is 0 Å². The Labute approximate surface area is 136 Å². The van der Waals surface area contributed by atoms with Crippen molar-refractivity contribution in [1.29, 1.82) is 0 Å². The summed E-state index contributed by atoms with van der Waals surface area (Å²) in [6.45, 7) is 0.416. The zero-order valence-corrected chi connectivity index (χ0v) is 14.1. The van der Waals surface area contributed by atoms with E-state index in [0.717, 1.165) is 20.6 Å². The van der Waals surface area contributed by atoms with Crippen molar-refractivity contribution in [1.82, 2.24) is 9.97 Å². The van der Waals surface area contributed by atoms with Gasteiger partial charge >= 0.3 is 0 Å². The maximum absolute atomic E-state index is 6.15. The van der Waals surface area contributed by atoms with E-state index in [1.54, 1.807) is 14.2 Å². The van der Waals surface area contributed by atoms with Gasteiger partial charge in [-0.2, -0.15) is 0 Å². The Bertz CT molecular complexity index is 608. The summed E-state index contributed by atoms with van der Waals surface area (Å²) >= 11 is 8.28. The van der Waals surface area contributed by atoms with Crippen LogP contribution in [0, 0.1) is 3.57 Å². The predicted molar refractivity (Wildman–Crippen MR) is 86.3 cm³/mol. The Morgan fingerprint density at radius 2 is 1.95 bits per heavy atom. The monoisotopic (exact) mass is 404 g/mol. The molecule has 0 aliphatic heterocycles. The lowest BCUT2D eigenvalue weighted by molar-refractivity contribution is 0.180. The average Bonchev–Trinajstić information content (AvgIpc) is 2.45. The maximum atomic E-state index is 6.15. The van der Waals surface area contributed by atoms with Crippen LogP contribution in [0.25, 0.3) is 0 Å². The summed E-state index contributed by atoms with van der Waals surface area (Å²) < 4.78 is 11.3. The van der Waals surface area contributed by atoms with Gasteiger partial charge in [-0.25, -0.2) is 9.97 Å². The highest BCUT2D eigenvalue weighted by molar-refractivity contribution is 14.1. The molecule has 0 radical (unpaired) electrons. The van der Waals surface area contributed by atoms with Gasteiger partial charge in [0, 0.05) is 19.1 Å². The molecule has 1 aromatic heterocycles. The molecule has 0 saturated carbocycles. The van der Waals surface area contributed by atoms with Crippen LogP contribution in [0.5, 0.6) is 5.75 Å². The van der Waals surface area contributed by atoms with E-state index in [9.17, 15) is 0 Å². The molecular weight excluding hydrogens is 391 g/mol. The standard InChI is InChI=1S/C14H14ClIN2O2/c1-19-8-10-13(16)14(15)18-12(17-10)7-9-5-3-4-6-11(9)20-2/h3-6H,7-8H2,1-2H3. The van der Waals surface area contributed by atoms with E-state index in [0.29, 0.717) is 24.0 Å². The quantitative estimate of drug-likeness (QED) is 0.565. The third-order valence-electron chi connectivity index (χ3n) is 2.75. The first-order valence-corrected chi connectivity index (χ1v) is 7.43. The molecule has 106 valence electrons. The number of benzene rings is 1. The summed E-state index contributed by atoms with van der Waals surface area (Å²) in [5.41, 5.74) is 1.83. The normalized spacial score (nSPS) is 10.6. The summed E-state index contributed by atoms with van der Waals surface area (Å²) in [5.74, 6) is 1.48. The van der Waals surface area contributed by atoms with Gasteiger partial charge in [-0.15, -0.1) is 0 Å². The van der Waals surface area contributed by atoms with E-state index < -0.39 is 0 Å². The largest absolute Gasteiger partial charge is 0.496 e. The highest BCUT2D eigenvalue weighted by Crippen LogP contribution is 2.23. The number of nitrogens with zero attached hydrogens (tertiary/aromatic N) is 2. The fourth-order valence-corrected chi connectivity index (χ4v) is 2.45. The number of ether oxygens (including phenoxy) is 2. The summed E-state index contributed by atoms with van der Waals surface area (Å²) in [6.07, 6.45) is 0.567. The van der Waals surface area contributed by atoms with E-state index in [-0.39, 0.29) is 0 Å². The maximum Gasteiger partial charge on any atom is 0.146 e. The Balaban J connectivity index is 2.34. The van der Waals surface area contributed by atoms with Gasteiger partial charge in [0.05, 0.1) is 23.0 Å².